The summed E-state index contributed by atoms with van der Waals surface area (Å²) in [4.78, 5) is 12.5. The number of alkyl halides is 3. The van der Waals surface area contributed by atoms with Crippen molar-refractivity contribution in [1.82, 2.24) is 15.4 Å². The number of hydrogen-bond donors (Lipinski definition) is 1. The number of halogens is 3. The Morgan fingerprint density at radius 1 is 0.828 bits per heavy atom. The summed E-state index contributed by atoms with van der Waals surface area (Å²) >= 11 is 0. The lowest BCUT2D eigenvalue weighted by Crippen LogP contribution is -2.42. The number of nitrogens with zero attached hydrogens (tertiary/aromatic N) is 2. The van der Waals surface area contributed by atoms with Crippen LogP contribution in [0.25, 0.3) is 0 Å². The van der Waals surface area contributed by atoms with Gasteiger partial charge in [-0.15, -0.1) is 0 Å². The Hall–Kier alpha value is -3.59. The molecule has 1 aliphatic rings. The van der Waals surface area contributed by atoms with E-state index in [1.807, 2.05) is 6.07 Å². The molecular weight excluding hydrogens is 387 g/mol. The first kappa shape index (κ1) is 18.8. The number of hydroxylamine groups is 1. The van der Waals surface area contributed by atoms with E-state index in [9.17, 15) is 13.2 Å². The van der Waals surface area contributed by atoms with E-state index in [0.717, 1.165) is 6.08 Å². The fourth-order valence-corrected chi connectivity index (χ4v) is 2.73. The Labute approximate surface area is 163 Å². The van der Waals surface area contributed by atoms with E-state index in [0.29, 0.717) is 11.5 Å². The van der Waals surface area contributed by atoms with Crippen LogP contribution in [0.15, 0.2) is 85.3 Å². The molecule has 1 aliphatic heterocycles. The highest BCUT2D eigenvalue weighted by atomic mass is 19.4. The van der Waals surface area contributed by atoms with Gasteiger partial charge in [0.15, 0.2) is 5.75 Å². The maximum atomic E-state index is 13.9. The Bertz CT molecular complexity index is 996. The molecule has 148 valence electrons. The Morgan fingerprint density at radius 3 is 2.14 bits per heavy atom. The zero-order valence-corrected chi connectivity index (χ0v) is 14.8. The maximum Gasteiger partial charge on any atom is 0.428 e. The quantitative estimate of drug-likeness (QED) is 0.680. The van der Waals surface area contributed by atoms with Crippen LogP contribution in [0.2, 0.25) is 0 Å². The second kappa shape index (κ2) is 7.44. The number of para-hydroxylation sites is 1. The first-order valence-corrected chi connectivity index (χ1v) is 8.46. The fourth-order valence-electron chi connectivity index (χ4n) is 2.73. The molecule has 0 aliphatic carbocycles. The molecule has 4 rings (SSSR count). The van der Waals surface area contributed by atoms with Gasteiger partial charge in [0.2, 0.25) is 11.5 Å². The molecule has 0 saturated carbocycles. The molecule has 2 aromatic carbocycles. The summed E-state index contributed by atoms with van der Waals surface area (Å²) in [5.41, 5.74) is -0.670. The van der Waals surface area contributed by atoms with Gasteiger partial charge in [-0.3, -0.25) is 0 Å². The molecule has 1 atom stereocenters. The molecule has 0 fully saturated rings. The van der Waals surface area contributed by atoms with E-state index in [1.165, 1.54) is 43.0 Å². The third-order valence-electron chi connectivity index (χ3n) is 4.09. The lowest BCUT2D eigenvalue weighted by atomic mass is 9.93. The number of rotatable bonds is 5. The fraction of sp³-hybridized carbons (Fsp3) is 0.100. The second-order valence-corrected chi connectivity index (χ2v) is 6.06. The van der Waals surface area contributed by atoms with Gasteiger partial charge in [-0.25, -0.2) is 20.3 Å². The van der Waals surface area contributed by atoms with Gasteiger partial charge in [0.25, 0.3) is 0 Å². The van der Waals surface area contributed by atoms with E-state index in [2.05, 4.69) is 15.4 Å². The van der Waals surface area contributed by atoms with Crippen molar-refractivity contribution in [3.63, 3.8) is 0 Å². The van der Waals surface area contributed by atoms with E-state index in [-0.39, 0.29) is 17.2 Å². The lowest BCUT2D eigenvalue weighted by Gasteiger charge is -2.28. The van der Waals surface area contributed by atoms with Crippen LogP contribution in [0.3, 0.4) is 0 Å². The standard InChI is InChI=1S/C20H14F3N3O3/c21-20(22,23)19(10-18(26-29-19)28-17-11-24-13-25-12-17)14-6-8-16(9-7-14)27-15-4-2-1-3-5-15/h1-13,26H. The second-order valence-electron chi connectivity index (χ2n) is 6.06. The van der Waals surface area contributed by atoms with Crippen molar-refractivity contribution in [2.45, 2.75) is 11.8 Å². The van der Waals surface area contributed by atoms with Crippen LogP contribution in [0.1, 0.15) is 5.56 Å². The molecule has 9 heteroatoms. The molecule has 0 bridgehead atoms. The maximum absolute atomic E-state index is 13.9. The first-order valence-electron chi connectivity index (χ1n) is 8.46. The average Bonchev–Trinajstić information content (AvgIpc) is 3.15. The predicted molar refractivity (Wildman–Crippen MR) is 95.7 cm³/mol. The van der Waals surface area contributed by atoms with Gasteiger partial charge in [0.1, 0.15) is 17.8 Å². The largest absolute Gasteiger partial charge is 0.457 e. The summed E-state index contributed by atoms with van der Waals surface area (Å²) in [6, 6.07) is 14.4. The first-order chi connectivity index (χ1) is 14.0. The van der Waals surface area contributed by atoms with Crippen molar-refractivity contribution >= 4 is 0 Å². The summed E-state index contributed by atoms with van der Waals surface area (Å²) in [5, 5.41) is 0. The molecule has 0 spiro atoms. The zero-order chi connectivity index (χ0) is 20.3. The number of ether oxygens (including phenoxy) is 2. The molecule has 1 N–H and O–H groups in total. The third-order valence-corrected chi connectivity index (χ3v) is 4.09. The molecule has 0 saturated heterocycles. The molecule has 0 amide bonds. The molecule has 1 unspecified atom stereocenters. The van der Waals surface area contributed by atoms with Crippen LogP contribution in [0.4, 0.5) is 13.2 Å². The smallest absolute Gasteiger partial charge is 0.428 e. The van der Waals surface area contributed by atoms with Gasteiger partial charge in [0.05, 0.1) is 12.4 Å². The predicted octanol–water partition coefficient (Wildman–Crippen LogP) is 4.48. The summed E-state index contributed by atoms with van der Waals surface area (Å²) in [6.07, 6.45) is -0.0102. The van der Waals surface area contributed by atoms with Gasteiger partial charge in [-0.2, -0.15) is 13.2 Å². The third kappa shape index (κ3) is 3.85. The van der Waals surface area contributed by atoms with Crippen molar-refractivity contribution in [3.05, 3.63) is 90.8 Å². The van der Waals surface area contributed by atoms with Gasteiger partial charge in [-0.1, -0.05) is 30.3 Å². The molecule has 29 heavy (non-hydrogen) atoms. The summed E-state index contributed by atoms with van der Waals surface area (Å²) in [5.74, 6) is 0.913. The topological polar surface area (TPSA) is 65.5 Å². The highest BCUT2D eigenvalue weighted by Crippen LogP contribution is 2.46. The highest BCUT2D eigenvalue weighted by Gasteiger charge is 2.60. The van der Waals surface area contributed by atoms with Crippen LogP contribution >= 0.6 is 0 Å². The number of aromatic nitrogens is 2. The molecular formula is C20H14F3N3O3. The van der Waals surface area contributed by atoms with E-state index >= 15 is 0 Å². The van der Waals surface area contributed by atoms with E-state index in [4.69, 9.17) is 14.3 Å². The van der Waals surface area contributed by atoms with Crippen molar-refractivity contribution in [3.8, 4) is 17.2 Å². The van der Waals surface area contributed by atoms with Gasteiger partial charge in [-0.05, 0) is 24.3 Å². The molecule has 1 aromatic heterocycles. The minimum Gasteiger partial charge on any atom is -0.457 e. The van der Waals surface area contributed by atoms with Crippen LogP contribution in [-0.4, -0.2) is 16.1 Å². The van der Waals surface area contributed by atoms with Crippen LogP contribution < -0.4 is 15.0 Å². The summed E-state index contributed by atoms with van der Waals surface area (Å²) in [7, 11) is 0. The summed E-state index contributed by atoms with van der Waals surface area (Å²) < 4.78 is 52.8. The van der Waals surface area contributed by atoms with Crippen LogP contribution in [-0.2, 0) is 10.4 Å². The van der Waals surface area contributed by atoms with Crippen molar-refractivity contribution in [2.75, 3.05) is 0 Å². The molecule has 0 radical (unpaired) electrons. The zero-order valence-electron chi connectivity index (χ0n) is 14.8. The van der Waals surface area contributed by atoms with Gasteiger partial charge in [0, 0.05) is 11.6 Å². The van der Waals surface area contributed by atoms with Crippen LogP contribution in [0, 0.1) is 0 Å². The minimum atomic E-state index is -4.75. The normalized spacial score (nSPS) is 18.7. The molecule has 3 aromatic rings. The number of benzene rings is 2. The SMILES string of the molecule is FC(F)(F)C1(c2ccc(Oc3ccccc3)cc2)C=C(Oc2cncnc2)NO1. The van der Waals surface area contributed by atoms with Crippen LogP contribution in [0.5, 0.6) is 17.2 Å². The van der Waals surface area contributed by atoms with Crippen molar-refractivity contribution in [1.29, 1.82) is 0 Å². The average molecular weight is 401 g/mol. The Morgan fingerprint density at radius 2 is 1.48 bits per heavy atom. The van der Waals surface area contributed by atoms with E-state index in [1.54, 1.807) is 24.3 Å². The van der Waals surface area contributed by atoms with Gasteiger partial charge >= 0.3 is 6.18 Å². The highest BCUT2D eigenvalue weighted by molar-refractivity contribution is 5.39. The van der Waals surface area contributed by atoms with Crippen molar-refractivity contribution in [2.24, 2.45) is 0 Å². The number of nitrogens with one attached hydrogen (secondary N) is 1. The monoisotopic (exact) mass is 401 g/mol. The van der Waals surface area contributed by atoms with Crippen molar-refractivity contribution < 1.29 is 27.5 Å². The molecule has 2 heterocycles. The van der Waals surface area contributed by atoms with Gasteiger partial charge < -0.3 is 9.47 Å². The van der Waals surface area contributed by atoms with E-state index < -0.39 is 11.8 Å². The number of hydrogen-bond acceptors (Lipinski definition) is 6. The Kier molecular flexibility index (Phi) is 4.81. The molecule has 6 nitrogen and oxygen atoms in total. The lowest BCUT2D eigenvalue weighted by molar-refractivity contribution is -0.270. The summed E-state index contributed by atoms with van der Waals surface area (Å²) in [6.45, 7) is 0. The Balaban J connectivity index is 1.60. The minimum absolute atomic E-state index is 0.138.